The highest BCUT2D eigenvalue weighted by molar-refractivity contribution is 6.83. The van der Waals surface area contributed by atoms with Crippen LogP contribution in [0.1, 0.15) is 90.4 Å². The van der Waals surface area contributed by atoms with Gasteiger partial charge in [0.2, 0.25) is 0 Å². The average Bonchev–Trinajstić information content (AvgIpc) is 2.49. The van der Waals surface area contributed by atoms with Gasteiger partial charge >= 0.3 is 0 Å². The first kappa shape index (κ1) is 22.7. The van der Waals surface area contributed by atoms with Gasteiger partial charge in [-0.15, -0.1) is 11.5 Å². The molecule has 0 heterocycles. The normalized spacial score (nSPS) is 11.3. The van der Waals surface area contributed by atoms with E-state index in [1.165, 1.54) is 70.6 Å². The Morgan fingerprint density at radius 3 is 1.61 bits per heavy atom. The van der Waals surface area contributed by atoms with E-state index in [1.807, 2.05) is 0 Å². The fraction of sp³-hybridized carbons (Fsp3) is 0.905. The zero-order valence-electron chi connectivity index (χ0n) is 16.5. The number of hydrogen-bond donors (Lipinski definition) is 0. The molecule has 136 valence electrons. The van der Waals surface area contributed by atoms with E-state index >= 15 is 0 Å². The van der Waals surface area contributed by atoms with Crippen LogP contribution >= 0.6 is 0 Å². The second-order valence-corrected chi connectivity index (χ2v) is 12.6. The number of unbranched alkanes of at least 4 members (excludes halogenated alkanes) is 11. The Morgan fingerprint density at radius 1 is 0.652 bits per heavy atom. The van der Waals surface area contributed by atoms with Crippen molar-refractivity contribution in [1.82, 2.24) is 0 Å². The van der Waals surface area contributed by atoms with Crippen molar-refractivity contribution < 1.29 is 4.74 Å². The summed E-state index contributed by atoms with van der Waals surface area (Å²) >= 11 is 0. The summed E-state index contributed by atoms with van der Waals surface area (Å²) in [5, 5.41) is 0. The molecule has 2 heteroatoms. The highest BCUT2D eigenvalue weighted by Crippen LogP contribution is 2.12. The summed E-state index contributed by atoms with van der Waals surface area (Å²) < 4.78 is 5.50. The third kappa shape index (κ3) is 21.7. The van der Waals surface area contributed by atoms with E-state index in [2.05, 4.69) is 38.0 Å². The van der Waals surface area contributed by atoms with E-state index in [-0.39, 0.29) is 0 Å². The third-order valence-corrected chi connectivity index (χ3v) is 4.83. The molecule has 0 aromatic heterocycles. The molecule has 0 aromatic carbocycles. The van der Waals surface area contributed by atoms with Crippen LogP contribution in [-0.4, -0.2) is 21.3 Å². The fourth-order valence-electron chi connectivity index (χ4n) is 2.58. The first-order valence-electron chi connectivity index (χ1n) is 10.1. The van der Waals surface area contributed by atoms with Crippen molar-refractivity contribution in [2.24, 2.45) is 0 Å². The molecule has 0 unspecified atom stereocenters. The quantitative estimate of drug-likeness (QED) is 0.178. The van der Waals surface area contributed by atoms with Crippen molar-refractivity contribution in [3.8, 4) is 11.5 Å². The number of rotatable bonds is 15. The first-order valence-corrected chi connectivity index (χ1v) is 13.6. The zero-order valence-corrected chi connectivity index (χ0v) is 17.5. The molecule has 0 amide bonds. The molecule has 0 aromatic rings. The molecule has 0 bridgehead atoms. The molecule has 0 N–H and O–H groups in total. The van der Waals surface area contributed by atoms with Crippen LogP contribution in [0.2, 0.25) is 19.6 Å². The second-order valence-electron chi connectivity index (χ2n) is 7.80. The highest BCUT2D eigenvalue weighted by atomic mass is 28.3. The van der Waals surface area contributed by atoms with Gasteiger partial charge in [0.05, 0.1) is 0 Å². The lowest BCUT2D eigenvalue weighted by atomic mass is 10.1. The third-order valence-electron chi connectivity index (χ3n) is 3.90. The van der Waals surface area contributed by atoms with Gasteiger partial charge < -0.3 is 4.74 Å². The lowest BCUT2D eigenvalue weighted by Crippen LogP contribution is -2.16. The molecule has 0 fully saturated rings. The molecule has 0 rings (SSSR count). The van der Waals surface area contributed by atoms with Crippen molar-refractivity contribution >= 4 is 8.07 Å². The van der Waals surface area contributed by atoms with E-state index < -0.39 is 8.07 Å². The Balaban J connectivity index is 3.09. The summed E-state index contributed by atoms with van der Waals surface area (Å²) in [6, 6.07) is 0. The van der Waals surface area contributed by atoms with E-state index in [0.717, 1.165) is 26.1 Å². The maximum atomic E-state index is 5.50. The Hall–Kier alpha value is -0.263. The summed E-state index contributed by atoms with van der Waals surface area (Å²) in [4.78, 5) is 0. The molecule has 1 nitrogen and oxygen atoms in total. The summed E-state index contributed by atoms with van der Waals surface area (Å²) in [5.74, 6) is 3.37. The van der Waals surface area contributed by atoms with Gasteiger partial charge in [0.1, 0.15) is 8.07 Å². The van der Waals surface area contributed by atoms with Crippen molar-refractivity contribution in [2.75, 3.05) is 13.2 Å². The van der Waals surface area contributed by atoms with Crippen LogP contribution in [0.15, 0.2) is 0 Å². The molecule has 0 radical (unpaired) electrons. The minimum Gasteiger partial charge on any atom is -0.381 e. The smallest absolute Gasteiger partial charge is 0.129 e. The molecule has 0 saturated heterocycles. The van der Waals surface area contributed by atoms with Crippen molar-refractivity contribution in [3.05, 3.63) is 0 Å². The second kappa shape index (κ2) is 16.6. The predicted molar refractivity (Wildman–Crippen MR) is 108 cm³/mol. The maximum Gasteiger partial charge on any atom is 0.129 e. The molecule has 0 spiro atoms. The minimum absolute atomic E-state index is 0.935. The Kier molecular flexibility index (Phi) is 16.4. The van der Waals surface area contributed by atoms with Crippen LogP contribution in [0, 0.1) is 11.5 Å². The fourth-order valence-corrected chi connectivity index (χ4v) is 3.24. The van der Waals surface area contributed by atoms with Gasteiger partial charge in [0.15, 0.2) is 0 Å². The molecular weight excluding hydrogens is 296 g/mol. The lowest BCUT2D eigenvalue weighted by Gasteiger charge is -2.04. The molecule has 0 aliphatic rings. The largest absolute Gasteiger partial charge is 0.381 e. The number of ether oxygens (including phenoxy) is 1. The summed E-state index contributed by atoms with van der Waals surface area (Å²) in [7, 11) is -1.13. The Bertz CT molecular complexity index is 295. The zero-order chi connectivity index (χ0) is 17.2. The average molecular weight is 339 g/mol. The van der Waals surface area contributed by atoms with Gasteiger partial charge in [-0.2, -0.15) is 0 Å². The first-order chi connectivity index (χ1) is 11.1. The highest BCUT2D eigenvalue weighted by Gasteiger charge is 2.06. The monoisotopic (exact) mass is 338 g/mol. The molecule has 0 aliphatic heterocycles. The van der Waals surface area contributed by atoms with Gasteiger partial charge in [-0.1, -0.05) is 84.4 Å². The van der Waals surface area contributed by atoms with Crippen LogP contribution in [0.4, 0.5) is 0 Å². The number of hydrogen-bond acceptors (Lipinski definition) is 1. The summed E-state index contributed by atoms with van der Waals surface area (Å²) in [5.41, 5.74) is 3.45. The Morgan fingerprint density at radius 2 is 1.13 bits per heavy atom. The topological polar surface area (TPSA) is 9.23 Å². The maximum absolute atomic E-state index is 5.50. The molecule has 0 atom stereocenters. The van der Waals surface area contributed by atoms with Crippen molar-refractivity contribution in [2.45, 2.75) is 110 Å². The lowest BCUT2D eigenvalue weighted by molar-refractivity contribution is 0.130. The van der Waals surface area contributed by atoms with Crippen LogP contribution in [-0.2, 0) is 4.74 Å². The van der Waals surface area contributed by atoms with Gasteiger partial charge in [-0.05, 0) is 19.3 Å². The SMILES string of the molecule is CCCOCCCCCCCCCCCCCC#C[Si](C)(C)C. The minimum atomic E-state index is -1.13. The van der Waals surface area contributed by atoms with Gasteiger partial charge in [0.25, 0.3) is 0 Å². The van der Waals surface area contributed by atoms with Crippen molar-refractivity contribution in [3.63, 3.8) is 0 Å². The van der Waals surface area contributed by atoms with Crippen LogP contribution in [0.3, 0.4) is 0 Å². The van der Waals surface area contributed by atoms with E-state index in [4.69, 9.17) is 4.74 Å². The van der Waals surface area contributed by atoms with E-state index in [9.17, 15) is 0 Å². The summed E-state index contributed by atoms with van der Waals surface area (Å²) in [6.45, 7) is 11.0. The summed E-state index contributed by atoms with van der Waals surface area (Å²) in [6.07, 6.45) is 17.5. The predicted octanol–water partition coefficient (Wildman–Crippen LogP) is 6.98. The van der Waals surface area contributed by atoms with Gasteiger partial charge in [-0.3, -0.25) is 0 Å². The van der Waals surface area contributed by atoms with E-state index in [0.29, 0.717) is 0 Å². The van der Waals surface area contributed by atoms with Gasteiger partial charge in [-0.25, -0.2) is 0 Å². The standard InChI is InChI=1S/C21H42OSi/c1-5-19-22-20-17-15-13-11-9-7-6-8-10-12-14-16-18-21-23(2,3)4/h5-17,19-20H2,1-4H3. The molecule has 0 saturated carbocycles. The van der Waals surface area contributed by atoms with Crippen LogP contribution < -0.4 is 0 Å². The van der Waals surface area contributed by atoms with Crippen molar-refractivity contribution in [1.29, 1.82) is 0 Å². The van der Waals surface area contributed by atoms with Gasteiger partial charge in [0, 0.05) is 19.6 Å². The van der Waals surface area contributed by atoms with Crippen LogP contribution in [0.25, 0.3) is 0 Å². The molecule has 0 aliphatic carbocycles. The molecular formula is C21H42OSi. The van der Waals surface area contributed by atoms with Crippen LogP contribution in [0.5, 0.6) is 0 Å². The molecule has 23 heavy (non-hydrogen) atoms. The van der Waals surface area contributed by atoms with E-state index in [1.54, 1.807) is 0 Å². The Labute approximate surface area is 148 Å².